The number of benzene rings is 3. The standard InChI is InChI=1S/C27H28N2O5/c1-17-10-9-11-18(2)21(17)16-22(27(33)34)28-26(32)24(30)23(19-12-5-3-6-13-19)29-25(31)20-14-7-4-8-15-20/h3-15,22-24,30H,16H2,1-2H3,(H,28,32)(H,29,31)(H,33,34)/t22-,23+,24-/m1/s1. The van der Waals surface area contributed by atoms with Gasteiger partial charge in [-0.2, -0.15) is 0 Å². The summed E-state index contributed by atoms with van der Waals surface area (Å²) in [7, 11) is 0. The number of nitrogens with one attached hydrogen (secondary N) is 2. The molecule has 4 N–H and O–H groups in total. The van der Waals surface area contributed by atoms with E-state index in [1.807, 2.05) is 32.0 Å². The van der Waals surface area contributed by atoms with E-state index in [4.69, 9.17) is 0 Å². The summed E-state index contributed by atoms with van der Waals surface area (Å²) in [4.78, 5) is 37.7. The van der Waals surface area contributed by atoms with Crippen LogP contribution in [0.15, 0.2) is 78.9 Å². The molecule has 2 amide bonds. The highest BCUT2D eigenvalue weighted by Crippen LogP contribution is 2.20. The zero-order valence-corrected chi connectivity index (χ0v) is 19.1. The van der Waals surface area contributed by atoms with Crippen LogP contribution in [0.1, 0.15) is 38.7 Å². The maximum atomic E-state index is 13.0. The molecule has 0 radical (unpaired) electrons. The third kappa shape index (κ3) is 6.08. The number of aliphatic hydroxyl groups is 1. The largest absolute Gasteiger partial charge is 0.480 e. The molecule has 0 saturated carbocycles. The Balaban J connectivity index is 1.81. The van der Waals surface area contributed by atoms with Gasteiger partial charge in [0, 0.05) is 12.0 Å². The lowest BCUT2D eigenvalue weighted by molar-refractivity contribution is -0.143. The third-order valence-electron chi connectivity index (χ3n) is 5.73. The first-order chi connectivity index (χ1) is 16.3. The molecule has 0 aromatic heterocycles. The van der Waals surface area contributed by atoms with Gasteiger partial charge in [-0.05, 0) is 48.2 Å². The summed E-state index contributed by atoms with van der Waals surface area (Å²) in [5.41, 5.74) is 3.53. The van der Waals surface area contributed by atoms with Crippen LogP contribution in [0.5, 0.6) is 0 Å². The molecule has 0 unspecified atom stereocenters. The van der Waals surface area contributed by atoms with E-state index in [1.165, 1.54) is 0 Å². The number of rotatable bonds is 9. The average Bonchev–Trinajstić information content (AvgIpc) is 2.84. The smallest absolute Gasteiger partial charge is 0.326 e. The predicted molar refractivity (Wildman–Crippen MR) is 128 cm³/mol. The van der Waals surface area contributed by atoms with Crippen LogP contribution in [0.4, 0.5) is 0 Å². The van der Waals surface area contributed by atoms with Crippen LogP contribution < -0.4 is 10.6 Å². The van der Waals surface area contributed by atoms with Crippen molar-refractivity contribution >= 4 is 17.8 Å². The second kappa shape index (κ2) is 11.2. The fraction of sp³-hybridized carbons (Fsp3) is 0.222. The number of carboxylic acids is 1. The van der Waals surface area contributed by atoms with Crippen LogP contribution in [0.25, 0.3) is 0 Å². The van der Waals surface area contributed by atoms with Crippen molar-refractivity contribution in [3.63, 3.8) is 0 Å². The summed E-state index contributed by atoms with van der Waals surface area (Å²) in [6, 6.07) is 20.3. The van der Waals surface area contributed by atoms with Crippen LogP contribution in [0, 0.1) is 13.8 Å². The fourth-order valence-corrected chi connectivity index (χ4v) is 3.80. The first-order valence-corrected chi connectivity index (χ1v) is 10.9. The van der Waals surface area contributed by atoms with E-state index >= 15 is 0 Å². The van der Waals surface area contributed by atoms with E-state index in [0.717, 1.165) is 16.7 Å². The van der Waals surface area contributed by atoms with Crippen molar-refractivity contribution in [2.45, 2.75) is 38.5 Å². The molecule has 7 nitrogen and oxygen atoms in total. The Morgan fingerprint density at radius 3 is 1.91 bits per heavy atom. The van der Waals surface area contributed by atoms with Crippen LogP contribution in [-0.2, 0) is 16.0 Å². The molecule has 0 bridgehead atoms. The van der Waals surface area contributed by atoms with Crippen LogP contribution in [-0.4, -0.2) is 40.1 Å². The van der Waals surface area contributed by atoms with Gasteiger partial charge in [-0.25, -0.2) is 4.79 Å². The summed E-state index contributed by atoms with van der Waals surface area (Å²) in [6.45, 7) is 3.75. The Kier molecular flexibility index (Phi) is 8.16. The minimum atomic E-state index is -1.71. The van der Waals surface area contributed by atoms with Crippen molar-refractivity contribution in [2.24, 2.45) is 0 Å². The van der Waals surface area contributed by atoms with Gasteiger partial charge in [-0.15, -0.1) is 0 Å². The number of hydrogen-bond acceptors (Lipinski definition) is 4. The molecule has 3 aromatic rings. The second-order valence-corrected chi connectivity index (χ2v) is 8.15. The van der Waals surface area contributed by atoms with E-state index in [9.17, 15) is 24.6 Å². The molecule has 0 fully saturated rings. The third-order valence-corrected chi connectivity index (χ3v) is 5.73. The number of aliphatic hydroxyl groups excluding tert-OH is 1. The van der Waals surface area contributed by atoms with Crippen LogP contribution in [0.2, 0.25) is 0 Å². The Morgan fingerprint density at radius 2 is 1.35 bits per heavy atom. The van der Waals surface area contributed by atoms with Gasteiger partial charge in [0.15, 0.2) is 6.10 Å². The van der Waals surface area contributed by atoms with Crippen molar-refractivity contribution in [2.75, 3.05) is 0 Å². The first-order valence-electron chi connectivity index (χ1n) is 10.9. The number of aliphatic carboxylic acids is 1. The van der Waals surface area contributed by atoms with Gasteiger partial charge in [0.1, 0.15) is 6.04 Å². The molecule has 176 valence electrons. The lowest BCUT2D eigenvalue weighted by atomic mass is 9.95. The molecule has 34 heavy (non-hydrogen) atoms. The van der Waals surface area contributed by atoms with Crippen molar-refractivity contribution in [1.29, 1.82) is 0 Å². The van der Waals surface area contributed by atoms with Gasteiger partial charge >= 0.3 is 5.97 Å². The zero-order valence-electron chi connectivity index (χ0n) is 19.1. The van der Waals surface area contributed by atoms with Crippen molar-refractivity contribution < 1.29 is 24.6 Å². The van der Waals surface area contributed by atoms with E-state index in [2.05, 4.69) is 10.6 Å². The highest BCUT2D eigenvalue weighted by molar-refractivity contribution is 5.95. The number of carbonyl (C=O) groups is 3. The molecule has 0 aliphatic heterocycles. The first kappa shape index (κ1) is 24.7. The molecular formula is C27H28N2O5. The fourth-order valence-electron chi connectivity index (χ4n) is 3.80. The van der Waals surface area contributed by atoms with Crippen molar-refractivity contribution in [3.05, 3.63) is 107 Å². The van der Waals surface area contributed by atoms with Gasteiger partial charge in [0.25, 0.3) is 11.8 Å². The van der Waals surface area contributed by atoms with Gasteiger partial charge in [-0.3, -0.25) is 9.59 Å². The molecular weight excluding hydrogens is 432 g/mol. The number of aryl methyl sites for hydroxylation is 2. The maximum Gasteiger partial charge on any atom is 0.326 e. The highest BCUT2D eigenvalue weighted by atomic mass is 16.4. The quantitative estimate of drug-likeness (QED) is 0.392. The summed E-state index contributed by atoms with van der Waals surface area (Å²) in [5.74, 6) is -2.57. The Bertz CT molecular complexity index is 1130. The summed E-state index contributed by atoms with van der Waals surface area (Å²) in [6.07, 6.45) is -1.64. The highest BCUT2D eigenvalue weighted by Gasteiger charge is 2.32. The molecule has 3 atom stereocenters. The topological polar surface area (TPSA) is 116 Å². The SMILES string of the molecule is Cc1cccc(C)c1C[C@@H](NC(=O)[C@H](O)[C@@H](NC(=O)c1ccccc1)c1ccccc1)C(=O)O. The van der Waals surface area contributed by atoms with E-state index in [-0.39, 0.29) is 6.42 Å². The summed E-state index contributed by atoms with van der Waals surface area (Å²) in [5, 5.41) is 25.8. The molecule has 0 aliphatic carbocycles. The summed E-state index contributed by atoms with van der Waals surface area (Å²) < 4.78 is 0. The molecule has 0 saturated heterocycles. The van der Waals surface area contributed by atoms with Gasteiger partial charge < -0.3 is 20.8 Å². The second-order valence-electron chi connectivity index (χ2n) is 8.15. The van der Waals surface area contributed by atoms with E-state index in [1.54, 1.807) is 60.7 Å². The van der Waals surface area contributed by atoms with Crippen molar-refractivity contribution in [3.8, 4) is 0 Å². The van der Waals surface area contributed by atoms with Gasteiger partial charge in [0.05, 0.1) is 6.04 Å². The van der Waals surface area contributed by atoms with Crippen LogP contribution in [0.3, 0.4) is 0 Å². The molecule has 3 aromatic carbocycles. The Hall–Kier alpha value is -3.97. The van der Waals surface area contributed by atoms with Gasteiger partial charge in [0.2, 0.25) is 0 Å². The van der Waals surface area contributed by atoms with Gasteiger partial charge in [-0.1, -0.05) is 66.7 Å². The monoisotopic (exact) mass is 460 g/mol. The van der Waals surface area contributed by atoms with Crippen LogP contribution >= 0.6 is 0 Å². The predicted octanol–water partition coefficient (Wildman–Crippen LogP) is 2.95. The minimum absolute atomic E-state index is 0.0681. The normalized spacial score (nSPS) is 13.4. The lowest BCUT2D eigenvalue weighted by Gasteiger charge is -2.26. The number of amides is 2. The lowest BCUT2D eigenvalue weighted by Crippen LogP contribution is -2.51. The zero-order chi connectivity index (χ0) is 24.7. The number of carboxylic acid groups (broad SMARTS) is 1. The molecule has 0 aliphatic rings. The summed E-state index contributed by atoms with van der Waals surface area (Å²) >= 11 is 0. The molecule has 0 spiro atoms. The molecule has 0 heterocycles. The molecule has 3 rings (SSSR count). The van der Waals surface area contributed by atoms with E-state index < -0.39 is 36.0 Å². The number of carbonyl (C=O) groups excluding carboxylic acids is 2. The maximum absolute atomic E-state index is 13.0. The number of hydrogen-bond donors (Lipinski definition) is 4. The Morgan fingerprint density at radius 1 is 0.794 bits per heavy atom. The average molecular weight is 461 g/mol. The minimum Gasteiger partial charge on any atom is -0.480 e. The Labute approximate surface area is 198 Å². The molecule has 7 heteroatoms. The van der Waals surface area contributed by atoms with E-state index in [0.29, 0.717) is 11.1 Å². The van der Waals surface area contributed by atoms with Crippen molar-refractivity contribution in [1.82, 2.24) is 10.6 Å².